The maximum Gasteiger partial charge on any atom is 0.325 e. The lowest BCUT2D eigenvalue weighted by Gasteiger charge is -2.11. The van der Waals surface area contributed by atoms with Gasteiger partial charge in [-0.3, -0.25) is 5.32 Å². The highest BCUT2D eigenvalue weighted by molar-refractivity contribution is 8.01. The molecule has 0 saturated heterocycles. The van der Waals surface area contributed by atoms with Gasteiger partial charge in [0.05, 0.1) is 7.11 Å². The first-order valence-corrected chi connectivity index (χ1v) is 9.67. The minimum Gasteiger partial charge on any atom is -0.497 e. The molecule has 0 radical (unpaired) electrons. The van der Waals surface area contributed by atoms with Crippen LogP contribution in [0, 0.1) is 0 Å². The number of hydrogen-bond donors (Lipinski definition) is 2. The van der Waals surface area contributed by atoms with Gasteiger partial charge in [-0.25, -0.2) is 4.79 Å². The molecule has 0 unspecified atom stereocenters. The zero-order chi connectivity index (χ0) is 19.2. The van der Waals surface area contributed by atoms with Crippen molar-refractivity contribution in [2.24, 2.45) is 0 Å². The van der Waals surface area contributed by atoms with Crippen LogP contribution in [0.15, 0.2) is 57.8 Å². The molecule has 1 aromatic heterocycles. The molecule has 0 aliphatic heterocycles. The molecule has 0 saturated carbocycles. The number of carbonyl (C=O) groups excluding carboxylic acids is 1. The Morgan fingerprint density at radius 1 is 1.04 bits per heavy atom. The molecule has 3 rings (SSSR count). The molecule has 3 aromatic rings. The largest absolute Gasteiger partial charge is 0.497 e. The van der Waals surface area contributed by atoms with E-state index in [4.69, 9.17) is 4.74 Å². The number of ether oxygens (including phenoxy) is 1. The third-order valence-electron chi connectivity index (χ3n) is 3.53. The molecule has 2 aromatic carbocycles. The van der Waals surface area contributed by atoms with Gasteiger partial charge in [0, 0.05) is 30.4 Å². The Morgan fingerprint density at radius 3 is 2.37 bits per heavy atom. The normalized spacial score (nSPS) is 10.3. The number of urea groups is 1. The fourth-order valence-electron chi connectivity index (χ4n) is 2.15. The van der Waals surface area contributed by atoms with E-state index in [0.717, 1.165) is 20.7 Å². The number of aromatic nitrogens is 2. The second-order valence-corrected chi connectivity index (χ2v) is 7.97. The van der Waals surface area contributed by atoms with Gasteiger partial charge in [-0.15, -0.1) is 10.2 Å². The lowest BCUT2D eigenvalue weighted by molar-refractivity contribution is 0.262. The molecule has 27 heavy (non-hydrogen) atoms. The number of nitrogens with one attached hydrogen (secondary N) is 2. The van der Waals surface area contributed by atoms with Crippen LogP contribution < -0.4 is 20.3 Å². The number of benzene rings is 2. The molecule has 140 valence electrons. The quantitative estimate of drug-likeness (QED) is 0.596. The predicted molar refractivity (Wildman–Crippen MR) is 110 cm³/mol. The number of hydrogen-bond acceptors (Lipinski definition) is 7. The van der Waals surface area contributed by atoms with Gasteiger partial charge in [0.2, 0.25) is 5.13 Å². The van der Waals surface area contributed by atoms with Gasteiger partial charge in [-0.2, -0.15) is 0 Å². The van der Waals surface area contributed by atoms with Crippen LogP contribution in [-0.4, -0.2) is 37.4 Å². The molecule has 1 heterocycles. The molecule has 0 aliphatic rings. The smallest absolute Gasteiger partial charge is 0.325 e. The van der Waals surface area contributed by atoms with Gasteiger partial charge < -0.3 is 15.0 Å². The summed E-state index contributed by atoms with van der Waals surface area (Å²) >= 11 is 2.83. The molecular weight excluding hydrogens is 382 g/mol. The Bertz CT molecular complexity index is 895. The van der Waals surface area contributed by atoms with Crippen molar-refractivity contribution in [1.29, 1.82) is 0 Å². The van der Waals surface area contributed by atoms with E-state index in [-0.39, 0.29) is 6.03 Å². The lowest BCUT2D eigenvalue weighted by Crippen LogP contribution is -2.19. The Hall–Kier alpha value is -2.78. The molecule has 0 fully saturated rings. The zero-order valence-corrected chi connectivity index (χ0v) is 16.7. The standard InChI is InChI=1S/C18H19N5O2S2/c1-23(2)13-6-10-15(11-7-13)26-18-22-21-17(27-18)20-16(24)19-12-4-8-14(25-3)9-5-12/h4-11H,1-3H3,(H2,19,20,21,24). The van der Waals surface area contributed by atoms with E-state index >= 15 is 0 Å². The van der Waals surface area contributed by atoms with Crippen molar-refractivity contribution in [1.82, 2.24) is 10.2 Å². The second kappa shape index (κ2) is 8.74. The van der Waals surface area contributed by atoms with Gasteiger partial charge in [0.1, 0.15) is 5.75 Å². The van der Waals surface area contributed by atoms with E-state index in [1.54, 1.807) is 31.4 Å². The molecule has 9 heteroatoms. The fraction of sp³-hybridized carbons (Fsp3) is 0.167. The van der Waals surface area contributed by atoms with Crippen molar-refractivity contribution in [3.63, 3.8) is 0 Å². The highest BCUT2D eigenvalue weighted by Gasteiger charge is 2.10. The number of nitrogens with zero attached hydrogens (tertiary/aromatic N) is 3. The molecule has 0 spiro atoms. The predicted octanol–water partition coefficient (Wildman–Crippen LogP) is 4.41. The number of amides is 2. The van der Waals surface area contributed by atoms with Crippen molar-refractivity contribution in [2.45, 2.75) is 9.24 Å². The molecule has 0 atom stereocenters. The molecule has 0 aliphatic carbocycles. The number of rotatable bonds is 6. The Balaban J connectivity index is 1.55. The summed E-state index contributed by atoms with van der Waals surface area (Å²) in [5.41, 5.74) is 1.79. The molecule has 2 amide bonds. The molecular formula is C18H19N5O2S2. The summed E-state index contributed by atoms with van der Waals surface area (Å²) in [5, 5.41) is 14.0. The van der Waals surface area contributed by atoms with Crippen molar-refractivity contribution < 1.29 is 9.53 Å². The van der Waals surface area contributed by atoms with Crippen molar-refractivity contribution in [2.75, 3.05) is 36.7 Å². The summed E-state index contributed by atoms with van der Waals surface area (Å²) < 4.78 is 5.85. The average molecular weight is 402 g/mol. The SMILES string of the molecule is COc1ccc(NC(=O)Nc2nnc(Sc3ccc(N(C)C)cc3)s2)cc1. The van der Waals surface area contributed by atoms with Crippen LogP contribution in [0.25, 0.3) is 0 Å². The van der Waals surface area contributed by atoms with Crippen LogP contribution in [0.3, 0.4) is 0 Å². The van der Waals surface area contributed by atoms with Gasteiger partial charge in [-0.05, 0) is 48.5 Å². The van der Waals surface area contributed by atoms with Gasteiger partial charge in [0.25, 0.3) is 0 Å². The van der Waals surface area contributed by atoms with Crippen LogP contribution in [0.5, 0.6) is 5.75 Å². The average Bonchev–Trinajstić information content (AvgIpc) is 3.09. The van der Waals surface area contributed by atoms with Crippen molar-refractivity contribution in [3.8, 4) is 5.75 Å². The Morgan fingerprint density at radius 2 is 1.74 bits per heavy atom. The van der Waals surface area contributed by atoms with E-state index in [1.807, 2.05) is 43.3 Å². The van der Waals surface area contributed by atoms with Crippen LogP contribution >= 0.6 is 23.1 Å². The van der Waals surface area contributed by atoms with Gasteiger partial charge >= 0.3 is 6.03 Å². The molecule has 0 bridgehead atoms. The van der Waals surface area contributed by atoms with Crippen LogP contribution in [0.2, 0.25) is 0 Å². The second-order valence-electron chi connectivity index (χ2n) is 5.67. The summed E-state index contributed by atoms with van der Waals surface area (Å²) in [4.78, 5) is 15.2. The maximum absolute atomic E-state index is 12.1. The van der Waals surface area contributed by atoms with Crippen LogP contribution in [0.1, 0.15) is 0 Å². The highest BCUT2D eigenvalue weighted by atomic mass is 32.2. The van der Waals surface area contributed by atoms with E-state index in [0.29, 0.717) is 10.8 Å². The molecule has 7 nitrogen and oxygen atoms in total. The van der Waals surface area contributed by atoms with Gasteiger partial charge in [-0.1, -0.05) is 23.1 Å². The van der Waals surface area contributed by atoms with Crippen LogP contribution in [-0.2, 0) is 0 Å². The van der Waals surface area contributed by atoms with E-state index in [1.165, 1.54) is 23.1 Å². The Labute approximate surface area is 165 Å². The zero-order valence-electron chi connectivity index (χ0n) is 15.1. The number of anilines is 3. The van der Waals surface area contributed by atoms with Crippen molar-refractivity contribution in [3.05, 3.63) is 48.5 Å². The Kier molecular flexibility index (Phi) is 6.15. The summed E-state index contributed by atoms with van der Waals surface area (Å²) in [6.07, 6.45) is 0. The van der Waals surface area contributed by atoms with Crippen LogP contribution in [0.4, 0.5) is 21.3 Å². The first-order valence-electron chi connectivity index (χ1n) is 8.04. The third-order valence-corrected chi connectivity index (χ3v) is 5.43. The van der Waals surface area contributed by atoms with Gasteiger partial charge in [0.15, 0.2) is 4.34 Å². The van der Waals surface area contributed by atoms with E-state index in [9.17, 15) is 4.79 Å². The monoisotopic (exact) mass is 401 g/mol. The van der Waals surface area contributed by atoms with Crippen molar-refractivity contribution >= 4 is 45.6 Å². The minimum atomic E-state index is -0.372. The first-order chi connectivity index (χ1) is 13.0. The summed E-state index contributed by atoms with van der Waals surface area (Å²) in [7, 11) is 5.60. The number of methoxy groups -OCH3 is 1. The lowest BCUT2D eigenvalue weighted by atomic mass is 10.3. The fourth-order valence-corrected chi connectivity index (χ4v) is 3.87. The summed E-state index contributed by atoms with van der Waals surface area (Å²) in [6.45, 7) is 0. The topological polar surface area (TPSA) is 79.4 Å². The van der Waals surface area contributed by atoms with E-state index in [2.05, 4.69) is 20.8 Å². The minimum absolute atomic E-state index is 0.372. The molecule has 2 N–H and O–H groups in total. The third kappa shape index (κ3) is 5.35. The van der Waals surface area contributed by atoms with E-state index < -0.39 is 0 Å². The first kappa shape index (κ1) is 19.0. The maximum atomic E-state index is 12.1. The highest BCUT2D eigenvalue weighted by Crippen LogP contribution is 2.32. The number of carbonyl (C=O) groups is 1. The summed E-state index contributed by atoms with van der Waals surface area (Å²) in [6, 6.07) is 14.9. The summed E-state index contributed by atoms with van der Waals surface area (Å²) in [5.74, 6) is 0.727.